The molecule has 0 aliphatic carbocycles. The molecule has 0 aromatic heterocycles. The van der Waals surface area contributed by atoms with Crippen molar-refractivity contribution in [1.82, 2.24) is 0 Å². The maximum Gasteiger partial charge on any atom is 0.302 e. The smallest absolute Gasteiger partial charge is 0.302 e. The Labute approximate surface area is 97.4 Å². The van der Waals surface area contributed by atoms with E-state index in [1.54, 1.807) is 6.92 Å². The first-order valence-corrected chi connectivity index (χ1v) is 5.45. The summed E-state index contributed by atoms with van der Waals surface area (Å²) in [6.45, 7) is 7.18. The van der Waals surface area contributed by atoms with E-state index in [9.17, 15) is 4.79 Å². The number of carbonyl (C=O) groups is 1. The minimum absolute atomic E-state index is 0.211. The molecule has 0 aliphatic heterocycles. The second-order valence-corrected chi connectivity index (χ2v) is 3.05. The first-order chi connectivity index (χ1) is 7.70. The third kappa shape index (κ3) is 9.21. The zero-order valence-corrected chi connectivity index (χ0v) is 10.2. The summed E-state index contributed by atoms with van der Waals surface area (Å²) < 4.78 is 9.62. The van der Waals surface area contributed by atoms with Gasteiger partial charge in [-0.2, -0.15) is 0 Å². The number of esters is 1. The monoisotopic (exact) mass is 224 g/mol. The van der Waals surface area contributed by atoms with Gasteiger partial charge < -0.3 is 9.47 Å². The molecule has 16 heavy (non-hydrogen) atoms. The van der Waals surface area contributed by atoms with E-state index < -0.39 is 0 Å². The molecule has 1 aromatic rings. The number of carbonyl (C=O) groups excluding carboxylic acids is 1. The maximum atomic E-state index is 9.82. The van der Waals surface area contributed by atoms with Crippen molar-refractivity contribution in [2.24, 2.45) is 0 Å². The van der Waals surface area contributed by atoms with Gasteiger partial charge in [-0.25, -0.2) is 0 Å². The average Bonchev–Trinajstić information content (AvgIpc) is 2.28. The lowest BCUT2D eigenvalue weighted by atomic mass is 10.2. The molecule has 0 atom stereocenters. The zero-order valence-electron chi connectivity index (χ0n) is 10.2. The fourth-order valence-corrected chi connectivity index (χ4v) is 0.997. The molecular formula is C13H20O3. The molecule has 0 heterocycles. The average molecular weight is 224 g/mol. The van der Waals surface area contributed by atoms with Crippen LogP contribution in [0.4, 0.5) is 0 Å². The molecule has 0 N–H and O–H groups in total. The zero-order chi connectivity index (χ0) is 12.2. The van der Waals surface area contributed by atoms with Gasteiger partial charge in [-0.05, 0) is 19.4 Å². The molecule has 3 nitrogen and oxygen atoms in total. The van der Waals surface area contributed by atoms with Gasteiger partial charge in [0, 0.05) is 13.5 Å². The summed E-state index contributed by atoms with van der Waals surface area (Å²) in [5, 5.41) is 0. The highest BCUT2D eigenvalue weighted by atomic mass is 16.5. The van der Waals surface area contributed by atoms with E-state index in [-0.39, 0.29) is 5.97 Å². The predicted molar refractivity (Wildman–Crippen MR) is 64.1 cm³/mol. The highest BCUT2D eigenvalue weighted by molar-refractivity contribution is 5.65. The van der Waals surface area contributed by atoms with E-state index in [1.807, 2.05) is 25.1 Å². The third-order valence-electron chi connectivity index (χ3n) is 1.66. The van der Waals surface area contributed by atoms with Crippen molar-refractivity contribution in [3.05, 3.63) is 35.9 Å². The van der Waals surface area contributed by atoms with E-state index in [4.69, 9.17) is 4.74 Å². The second-order valence-electron chi connectivity index (χ2n) is 3.05. The SMILES string of the molecule is CCOC(C)=O.CCOCc1ccccc1. The normalized spacial score (nSPS) is 8.94. The lowest BCUT2D eigenvalue weighted by Crippen LogP contribution is -1.95. The number of benzene rings is 1. The van der Waals surface area contributed by atoms with Crippen LogP contribution in [-0.2, 0) is 20.9 Å². The largest absolute Gasteiger partial charge is 0.466 e. The van der Waals surface area contributed by atoms with Crippen molar-refractivity contribution in [3.8, 4) is 0 Å². The van der Waals surface area contributed by atoms with Crippen LogP contribution in [-0.4, -0.2) is 19.2 Å². The summed E-state index contributed by atoms with van der Waals surface area (Å²) in [7, 11) is 0. The molecule has 1 rings (SSSR count). The van der Waals surface area contributed by atoms with Crippen LogP contribution in [0.5, 0.6) is 0 Å². The fraction of sp³-hybridized carbons (Fsp3) is 0.462. The number of hydrogen-bond acceptors (Lipinski definition) is 3. The second kappa shape index (κ2) is 10.2. The lowest BCUT2D eigenvalue weighted by Gasteiger charge is -1.98. The molecule has 1 aromatic carbocycles. The van der Waals surface area contributed by atoms with Crippen LogP contribution in [0.1, 0.15) is 26.3 Å². The predicted octanol–water partition coefficient (Wildman–Crippen LogP) is 2.79. The van der Waals surface area contributed by atoms with Gasteiger partial charge in [-0.3, -0.25) is 4.79 Å². The Kier molecular flexibility index (Phi) is 9.32. The summed E-state index contributed by atoms with van der Waals surface area (Å²) in [4.78, 5) is 9.82. The highest BCUT2D eigenvalue weighted by Crippen LogP contribution is 1.99. The standard InChI is InChI=1S/C9H12O.C4H8O2/c1-2-10-8-9-6-4-3-5-7-9;1-3-6-4(2)5/h3-7H,2,8H2,1H3;3H2,1-2H3. The van der Waals surface area contributed by atoms with Gasteiger partial charge in [0.2, 0.25) is 0 Å². The van der Waals surface area contributed by atoms with Crippen LogP contribution in [0.3, 0.4) is 0 Å². The molecule has 0 spiro atoms. The van der Waals surface area contributed by atoms with Crippen molar-refractivity contribution in [3.63, 3.8) is 0 Å². The molecule has 0 bridgehead atoms. The first-order valence-electron chi connectivity index (χ1n) is 5.45. The van der Waals surface area contributed by atoms with Crippen LogP contribution < -0.4 is 0 Å². The molecule has 0 saturated carbocycles. The van der Waals surface area contributed by atoms with Crippen LogP contribution in [0.25, 0.3) is 0 Å². The fourth-order valence-electron chi connectivity index (χ4n) is 0.997. The van der Waals surface area contributed by atoms with Crippen LogP contribution in [0.15, 0.2) is 30.3 Å². The van der Waals surface area contributed by atoms with Crippen molar-refractivity contribution in [2.45, 2.75) is 27.4 Å². The number of rotatable bonds is 4. The number of ether oxygens (including phenoxy) is 2. The van der Waals surface area contributed by atoms with Gasteiger partial charge in [0.05, 0.1) is 13.2 Å². The Morgan fingerprint density at radius 3 is 2.12 bits per heavy atom. The quantitative estimate of drug-likeness (QED) is 0.738. The molecule has 0 saturated heterocycles. The van der Waals surface area contributed by atoms with Gasteiger partial charge in [0.15, 0.2) is 0 Å². The van der Waals surface area contributed by atoms with Crippen molar-refractivity contribution in [2.75, 3.05) is 13.2 Å². The van der Waals surface area contributed by atoms with Gasteiger partial charge in [0.1, 0.15) is 0 Å². The van der Waals surface area contributed by atoms with E-state index in [1.165, 1.54) is 12.5 Å². The minimum atomic E-state index is -0.211. The Morgan fingerprint density at radius 2 is 1.75 bits per heavy atom. The van der Waals surface area contributed by atoms with Crippen LogP contribution in [0.2, 0.25) is 0 Å². The molecule has 0 radical (unpaired) electrons. The summed E-state index contributed by atoms with van der Waals surface area (Å²) in [5.41, 5.74) is 1.24. The van der Waals surface area contributed by atoms with Crippen molar-refractivity contribution >= 4 is 5.97 Å². The Bertz CT molecular complexity index is 270. The van der Waals surface area contributed by atoms with E-state index in [2.05, 4.69) is 16.9 Å². The first kappa shape index (κ1) is 14.6. The summed E-state index contributed by atoms with van der Waals surface area (Å²) >= 11 is 0. The molecule has 0 unspecified atom stereocenters. The van der Waals surface area contributed by atoms with Gasteiger partial charge >= 0.3 is 5.97 Å². The molecule has 90 valence electrons. The molecule has 0 aliphatic rings. The molecule has 3 heteroatoms. The Morgan fingerprint density at radius 1 is 1.12 bits per heavy atom. The van der Waals surface area contributed by atoms with Crippen molar-refractivity contribution in [1.29, 1.82) is 0 Å². The molecule has 0 amide bonds. The Balaban J connectivity index is 0.000000325. The topological polar surface area (TPSA) is 35.5 Å². The van der Waals surface area contributed by atoms with E-state index in [0.29, 0.717) is 6.61 Å². The summed E-state index contributed by atoms with van der Waals surface area (Å²) in [5.74, 6) is -0.211. The highest BCUT2D eigenvalue weighted by Gasteiger charge is 1.86. The van der Waals surface area contributed by atoms with Gasteiger partial charge in [-0.1, -0.05) is 30.3 Å². The summed E-state index contributed by atoms with van der Waals surface area (Å²) in [6.07, 6.45) is 0. The van der Waals surface area contributed by atoms with E-state index in [0.717, 1.165) is 13.2 Å². The minimum Gasteiger partial charge on any atom is -0.466 e. The van der Waals surface area contributed by atoms with E-state index >= 15 is 0 Å². The summed E-state index contributed by atoms with van der Waals surface area (Å²) in [6, 6.07) is 10.2. The van der Waals surface area contributed by atoms with Crippen LogP contribution in [0, 0.1) is 0 Å². The Hall–Kier alpha value is -1.35. The molecular weight excluding hydrogens is 204 g/mol. The van der Waals surface area contributed by atoms with Gasteiger partial charge in [-0.15, -0.1) is 0 Å². The third-order valence-corrected chi connectivity index (χ3v) is 1.66. The maximum absolute atomic E-state index is 9.82. The number of hydrogen-bond donors (Lipinski definition) is 0. The van der Waals surface area contributed by atoms with Crippen LogP contribution >= 0.6 is 0 Å². The lowest BCUT2D eigenvalue weighted by molar-refractivity contribution is -0.140. The molecule has 0 fully saturated rings. The van der Waals surface area contributed by atoms with Gasteiger partial charge in [0.25, 0.3) is 0 Å². The van der Waals surface area contributed by atoms with Crippen molar-refractivity contribution < 1.29 is 14.3 Å².